The molecule has 1 aromatic heterocycles. The van der Waals surface area contributed by atoms with Gasteiger partial charge in [-0.05, 0) is 38.1 Å². The van der Waals surface area contributed by atoms with Gasteiger partial charge in [-0.15, -0.1) is 0 Å². The zero-order valence-electron chi connectivity index (χ0n) is 9.87. The van der Waals surface area contributed by atoms with Crippen molar-refractivity contribution in [3.8, 4) is 5.69 Å². The van der Waals surface area contributed by atoms with Crippen LogP contribution in [0.2, 0.25) is 5.02 Å². The number of hydrogen-bond donors (Lipinski definition) is 1. The van der Waals surface area contributed by atoms with Crippen LogP contribution in [-0.2, 0) is 0 Å². The molecule has 0 fully saturated rings. The highest BCUT2D eigenvalue weighted by Crippen LogP contribution is 2.24. The maximum Gasteiger partial charge on any atom is 0.337 e. The molecule has 0 aliphatic heterocycles. The van der Waals surface area contributed by atoms with E-state index in [1.165, 1.54) is 12.1 Å². The maximum absolute atomic E-state index is 13.4. The summed E-state index contributed by atoms with van der Waals surface area (Å²) >= 11 is 5.62. The molecule has 0 aliphatic carbocycles. The third kappa shape index (κ3) is 1.99. The lowest BCUT2D eigenvalue weighted by Gasteiger charge is -2.10. The standard InChI is InChI=1S/C13H11ClFNO2/c1-7-5-10(13(17)18)8(2)16(7)9-3-4-11(14)12(15)6-9/h3-6H,1-2H3,(H,17,18). The first-order valence-corrected chi connectivity index (χ1v) is 5.67. The number of carboxylic acid groups (broad SMARTS) is 1. The highest BCUT2D eigenvalue weighted by Gasteiger charge is 2.16. The zero-order valence-corrected chi connectivity index (χ0v) is 10.6. The normalized spacial score (nSPS) is 10.7. The number of nitrogens with zero attached hydrogens (tertiary/aromatic N) is 1. The minimum absolute atomic E-state index is 0.0414. The zero-order chi connectivity index (χ0) is 13.4. The number of carboxylic acids is 1. The minimum Gasteiger partial charge on any atom is -0.478 e. The second kappa shape index (κ2) is 4.46. The molecule has 3 nitrogen and oxygen atoms in total. The topological polar surface area (TPSA) is 42.2 Å². The largest absolute Gasteiger partial charge is 0.478 e. The second-order valence-electron chi connectivity index (χ2n) is 4.02. The molecule has 0 bridgehead atoms. The Labute approximate surface area is 108 Å². The lowest BCUT2D eigenvalue weighted by atomic mass is 10.2. The highest BCUT2D eigenvalue weighted by atomic mass is 35.5. The molecule has 0 saturated carbocycles. The Morgan fingerprint density at radius 2 is 2.00 bits per heavy atom. The number of rotatable bonds is 2. The van der Waals surface area contributed by atoms with Crippen LogP contribution in [0.5, 0.6) is 0 Å². The van der Waals surface area contributed by atoms with Crippen molar-refractivity contribution in [1.29, 1.82) is 0 Å². The van der Waals surface area contributed by atoms with Gasteiger partial charge in [0.25, 0.3) is 0 Å². The molecule has 1 aromatic carbocycles. The van der Waals surface area contributed by atoms with E-state index in [0.29, 0.717) is 11.4 Å². The number of aryl methyl sites for hydroxylation is 1. The summed E-state index contributed by atoms with van der Waals surface area (Å²) in [4.78, 5) is 11.0. The van der Waals surface area contributed by atoms with E-state index < -0.39 is 11.8 Å². The lowest BCUT2D eigenvalue weighted by Crippen LogP contribution is -2.02. The molecular formula is C13H11ClFNO2. The van der Waals surface area contributed by atoms with Crippen LogP contribution in [0.1, 0.15) is 21.7 Å². The van der Waals surface area contributed by atoms with Gasteiger partial charge in [0.2, 0.25) is 0 Å². The Bertz CT molecular complexity index is 634. The molecule has 2 rings (SSSR count). The molecule has 94 valence electrons. The summed E-state index contributed by atoms with van der Waals surface area (Å²) in [5, 5.41) is 9.08. The molecule has 0 saturated heterocycles. The van der Waals surface area contributed by atoms with Crippen LogP contribution in [0.3, 0.4) is 0 Å². The second-order valence-corrected chi connectivity index (χ2v) is 4.43. The van der Waals surface area contributed by atoms with Crippen LogP contribution in [0.15, 0.2) is 24.3 Å². The average molecular weight is 268 g/mol. The van der Waals surface area contributed by atoms with Gasteiger partial charge in [0.1, 0.15) is 5.82 Å². The van der Waals surface area contributed by atoms with Crippen molar-refractivity contribution in [2.75, 3.05) is 0 Å². The Balaban J connectivity index is 2.64. The minimum atomic E-state index is -0.996. The molecule has 2 aromatic rings. The summed E-state index contributed by atoms with van der Waals surface area (Å²) in [6, 6.07) is 5.95. The number of benzene rings is 1. The molecule has 0 amide bonds. The summed E-state index contributed by atoms with van der Waals surface area (Å²) in [6.07, 6.45) is 0. The summed E-state index contributed by atoms with van der Waals surface area (Å²) in [5.41, 5.74) is 2.05. The SMILES string of the molecule is Cc1cc(C(=O)O)c(C)n1-c1ccc(Cl)c(F)c1. The van der Waals surface area contributed by atoms with E-state index in [0.717, 1.165) is 5.69 Å². The van der Waals surface area contributed by atoms with Crippen molar-refractivity contribution in [1.82, 2.24) is 4.57 Å². The molecule has 1 heterocycles. The Morgan fingerprint density at radius 1 is 1.33 bits per heavy atom. The average Bonchev–Trinajstić information content (AvgIpc) is 2.59. The van der Waals surface area contributed by atoms with E-state index in [1.54, 1.807) is 30.5 Å². The van der Waals surface area contributed by atoms with Gasteiger partial charge >= 0.3 is 5.97 Å². The Kier molecular flexibility index (Phi) is 3.13. The summed E-state index contributed by atoms with van der Waals surface area (Å²) in [6.45, 7) is 3.45. The van der Waals surface area contributed by atoms with Gasteiger partial charge in [0.15, 0.2) is 0 Å². The van der Waals surface area contributed by atoms with Crippen LogP contribution in [0.4, 0.5) is 4.39 Å². The highest BCUT2D eigenvalue weighted by molar-refractivity contribution is 6.30. The lowest BCUT2D eigenvalue weighted by molar-refractivity contribution is 0.0696. The fourth-order valence-corrected chi connectivity index (χ4v) is 2.12. The van der Waals surface area contributed by atoms with E-state index in [2.05, 4.69) is 0 Å². The number of aromatic carboxylic acids is 1. The number of aromatic nitrogens is 1. The van der Waals surface area contributed by atoms with Gasteiger partial charge in [0, 0.05) is 17.1 Å². The molecule has 0 atom stereocenters. The number of carbonyl (C=O) groups is 1. The first-order chi connectivity index (χ1) is 8.41. The number of halogens is 2. The molecule has 0 radical (unpaired) electrons. The Morgan fingerprint density at radius 3 is 2.50 bits per heavy atom. The van der Waals surface area contributed by atoms with E-state index in [4.69, 9.17) is 16.7 Å². The molecule has 1 N–H and O–H groups in total. The third-order valence-corrected chi connectivity index (χ3v) is 3.13. The smallest absolute Gasteiger partial charge is 0.337 e. The van der Waals surface area contributed by atoms with Crippen LogP contribution < -0.4 is 0 Å². The Hall–Kier alpha value is -1.81. The predicted octanol–water partition coefficient (Wildman–Crippen LogP) is 3.58. The first kappa shape index (κ1) is 12.6. The molecule has 0 spiro atoms. The first-order valence-electron chi connectivity index (χ1n) is 5.29. The van der Waals surface area contributed by atoms with E-state index in [-0.39, 0.29) is 10.6 Å². The summed E-state index contributed by atoms with van der Waals surface area (Å²) in [5.74, 6) is -1.53. The van der Waals surface area contributed by atoms with Gasteiger partial charge in [0.05, 0.1) is 10.6 Å². The third-order valence-electron chi connectivity index (χ3n) is 2.82. The predicted molar refractivity (Wildman–Crippen MR) is 67.2 cm³/mol. The summed E-state index contributed by atoms with van der Waals surface area (Å²) < 4.78 is 15.1. The van der Waals surface area contributed by atoms with Gasteiger partial charge in [-0.3, -0.25) is 0 Å². The molecule has 0 unspecified atom stereocenters. The van der Waals surface area contributed by atoms with Gasteiger partial charge in [-0.2, -0.15) is 0 Å². The van der Waals surface area contributed by atoms with Crippen molar-refractivity contribution in [3.05, 3.63) is 52.1 Å². The van der Waals surface area contributed by atoms with Crippen molar-refractivity contribution in [3.63, 3.8) is 0 Å². The van der Waals surface area contributed by atoms with Gasteiger partial charge in [-0.1, -0.05) is 11.6 Å². The summed E-state index contributed by atoms with van der Waals surface area (Å²) in [7, 11) is 0. The van der Waals surface area contributed by atoms with E-state index in [9.17, 15) is 9.18 Å². The van der Waals surface area contributed by atoms with Gasteiger partial charge < -0.3 is 9.67 Å². The molecule has 5 heteroatoms. The quantitative estimate of drug-likeness (QED) is 0.904. The van der Waals surface area contributed by atoms with Crippen molar-refractivity contribution in [2.45, 2.75) is 13.8 Å². The van der Waals surface area contributed by atoms with Crippen molar-refractivity contribution >= 4 is 17.6 Å². The van der Waals surface area contributed by atoms with Crippen LogP contribution in [0, 0.1) is 19.7 Å². The number of hydrogen-bond acceptors (Lipinski definition) is 1. The fourth-order valence-electron chi connectivity index (χ4n) is 2.00. The van der Waals surface area contributed by atoms with Crippen LogP contribution >= 0.6 is 11.6 Å². The van der Waals surface area contributed by atoms with Gasteiger partial charge in [-0.25, -0.2) is 9.18 Å². The van der Waals surface area contributed by atoms with E-state index in [1.807, 2.05) is 0 Å². The fraction of sp³-hybridized carbons (Fsp3) is 0.154. The van der Waals surface area contributed by atoms with Crippen LogP contribution in [-0.4, -0.2) is 15.6 Å². The molecule has 18 heavy (non-hydrogen) atoms. The monoisotopic (exact) mass is 267 g/mol. The van der Waals surface area contributed by atoms with Crippen molar-refractivity contribution < 1.29 is 14.3 Å². The van der Waals surface area contributed by atoms with Crippen molar-refractivity contribution in [2.24, 2.45) is 0 Å². The van der Waals surface area contributed by atoms with Crippen LogP contribution in [0.25, 0.3) is 5.69 Å². The molecule has 0 aliphatic rings. The maximum atomic E-state index is 13.4. The van der Waals surface area contributed by atoms with E-state index >= 15 is 0 Å². The molecular weight excluding hydrogens is 257 g/mol.